The smallest absolute Gasteiger partial charge is 0.243 e. The van der Waals surface area contributed by atoms with Gasteiger partial charge >= 0.3 is 0 Å². The van der Waals surface area contributed by atoms with Crippen LogP contribution in [0, 0.1) is 0 Å². The molecule has 0 aromatic heterocycles. The average molecular weight is 357 g/mol. The Morgan fingerprint density at radius 3 is 2.50 bits per heavy atom. The number of aliphatic hydroxyl groups excluding tert-OH is 1. The number of nitrogens with zero attached hydrogens (tertiary/aromatic N) is 1. The fraction of sp³-hybridized carbons (Fsp3) is 0.533. The molecule has 1 aromatic carbocycles. The number of sulfonamides is 1. The Kier molecular flexibility index (Phi) is 7.13. The number of carbonyl (C=O) groups excluding carboxylic acids is 1. The van der Waals surface area contributed by atoms with E-state index in [0.717, 1.165) is 0 Å². The van der Waals surface area contributed by atoms with Gasteiger partial charge in [0.25, 0.3) is 0 Å². The lowest BCUT2D eigenvalue weighted by atomic mass is 10.3. The molecule has 0 aliphatic carbocycles. The topological polar surface area (TPSA) is 108 Å². The Labute approximate surface area is 141 Å². The summed E-state index contributed by atoms with van der Waals surface area (Å²) in [5.41, 5.74) is 0.532. The normalized spacial score (nSPS) is 16.0. The van der Waals surface area contributed by atoms with Crippen molar-refractivity contribution in [3.8, 4) is 0 Å². The summed E-state index contributed by atoms with van der Waals surface area (Å²) in [6.45, 7) is 2.26. The summed E-state index contributed by atoms with van der Waals surface area (Å²) in [7, 11) is -3.52. The van der Waals surface area contributed by atoms with Crippen LogP contribution in [0.4, 0.5) is 5.69 Å². The monoisotopic (exact) mass is 357 g/mol. The van der Waals surface area contributed by atoms with Crippen LogP contribution in [0.25, 0.3) is 0 Å². The Hall–Kier alpha value is -1.52. The number of hydrogen-bond donors (Lipinski definition) is 3. The lowest BCUT2D eigenvalue weighted by molar-refractivity contribution is -0.115. The number of nitrogens with one attached hydrogen (secondary N) is 2. The summed E-state index contributed by atoms with van der Waals surface area (Å²) >= 11 is 0. The summed E-state index contributed by atoms with van der Waals surface area (Å²) in [4.78, 5) is 11.9. The second-order valence-electron chi connectivity index (χ2n) is 5.34. The van der Waals surface area contributed by atoms with Crippen LogP contribution in [0.15, 0.2) is 29.2 Å². The third-order valence-electron chi connectivity index (χ3n) is 3.54. The van der Waals surface area contributed by atoms with Crippen LogP contribution in [0.5, 0.6) is 0 Å². The summed E-state index contributed by atoms with van der Waals surface area (Å²) in [5, 5.41) is 14.2. The van der Waals surface area contributed by atoms with Gasteiger partial charge in [0.15, 0.2) is 0 Å². The lowest BCUT2D eigenvalue weighted by Gasteiger charge is -2.26. The molecule has 2 rings (SSSR count). The van der Waals surface area contributed by atoms with Gasteiger partial charge in [-0.1, -0.05) is 0 Å². The number of ether oxygens (including phenoxy) is 1. The molecule has 1 aromatic rings. The van der Waals surface area contributed by atoms with Crippen molar-refractivity contribution in [3.05, 3.63) is 24.3 Å². The van der Waals surface area contributed by atoms with Gasteiger partial charge in [-0.15, -0.1) is 0 Å². The molecule has 1 amide bonds. The SMILES string of the molecule is O=C(CNCCCO)Nc1ccc(S(=O)(=O)N2CCOCC2)cc1. The molecule has 1 aliphatic rings. The van der Waals surface area contributed by atoms with Gasteiger partial charge in [-0.05, 0) is 37.2 Å². The second kappa shape index (κ2) is 9.09. The van der Waals surface area contributed by atoms with E-state index < -0.39 is 10.0 Å². The van der Waals surface area contributed by atoms with Crippen LogP contribution in [0.3, 0.4) is 0 Å². The fourth-order valence-electron chi connectivity index (χ4n) is 2.26. The van der Waals surface area contributed by atoms with Gasteiger partial charge in [0.1, 0.15) is 0 Å². The molecular weight excluding hydrogens is 334 g/mol. The predicted molar refractivity (Wildman–Crippen MR) is 89.2 cm³/mol. The second-order valence-corrected chi connectivity index (χ2v) is 7.28. The molecule has 8 nitrogen and oxygen atoms in total. The maximum Gasteiger partial charge on any atom is 0.243 e. The zero-order chi connectivity index (χ0) is 17.4. The molecule has 0 saturated carbocycles. The number of amides is 1. The van der Waals surface area contributed by atoms with E-state index >= 15 is 0 Å². The van der Waals surface area contributed by atoms with Crippen molar-refractivity contribution >= 4 is 21.6 Å². The quantitative estimate of drug-likeness (QED) is 0.547. The molecule has 1 fully saturated rings. The van der Waals surface area contributed by atoms with Crippen LogP contribution in [0.1, 0.15) is 6.42 Å². The Morgan fingerprint density at radius 1 is 1.21 bits per heavy atom. The Bertz CT molecular complexity index is 627. The first-order valence-electron chi connectivity index (χ1n) is 7.83. The van der Waals surface area contributed by atoms with Gasteiger partial charge in [-0.3, -0.25) is 4.79 Å². The van der Waals surface area contributed by atoms with Crippen LogP contribution in [-0.4, -0.2) is 69.7 Å². The van der Waals surface area contributed by atoms with Gasteiger partial charge in [-0.25, -0.2) is 8.42 Å². The van der Waals surface area contributed by atoms with Crippen LogP contribution in [0.2, 0.25) is 0 Å². The Balaban J connectivity index is 1.91. The van der Waals surface area contributed by atoms with Crippen LogP contribution >= 0.6 is 0 Å². The third kappa shape index (κ3) is 5.25. The van der Waals surface area contributed by atoms with Crippen molar-refractivity contribution in [1.82, 2.24) is 9.62 Å². The summed E-state index contributed by atoms with van der Waals surface area (Å²) < 4.78 is 31.5. The molecule has 134 valence electrons. The number of morpholine rings is 1. The van der Waals surface area contributed by atoms with Crippen molar-refractivity contribution in [2.75, 3.05) is 51.3 Å². The molecular formula is C15H23N3O5S. The van der Waals surface area contributed by atoms with Crippen molar-refractivity contribution in [2.45, 2.75) is 11.3 Å². The zero-order valence-electron chi connectivity index (χ0n) is 13.4. The van der Waals surface area contributed by atoms with Crippen LogP contribution in [-0.2, 0) is 19.6 Å². The van der Waals surface area contributed by atoms with E-state index in [-0.39, 0.29) is 24.0 Å². The molecule has 0 radical (unpaired) electrons. The number of rotatable bonds is 8. The lowest BCUT2D eigenvalue weighted by Crippen LogP contribution is -2.40. The van der Waals surface area contributed by atoms with Gasteiger partial charge < -0.3 is 20.5 Å². The number of anilines is 1. The average Bonchev–Trinajstić information content (AvgIpc) is 2.60. The predicted octanol–water partition coefficient (Wildman–Crippen LogP) is -0.382. The summed E-state index contributed by atoms with van der Waals surface area (Å²) in [6, 6.07) is 6.11. The zero-order valence-corrected chi connectivity index (χ0v) is 14.2. The highest BCUT2D eigenvalue weighted by Gasteiger charge is 2.26. The molecule has 1 aliphatic heterocycles. The van der Waals surface area contributed by atoms with Gasteiger partial charge in [0.05, 0.1) is 24.7 Å². The van der Waals surface area contributed by atoms with E-state index in [1.807, 2.05) is 0 Å². The molecule has 0 unspecified atom stereocenters. The van der Waals surface area contributed by atoms with E-state index in [4.69, 9.17) is 9.84 Å². The minimum absolute atomic E-state index is 0.0771. The molecule has 1 saturated heterocycles. The molecule has 3 N–H and O–H groups in total. The van der Waals surface area contributed by atoms with E-state index in [9.17, 15) is 13.2 Å². The van der Waals surface area contributed by atoms with E-state index in [1.165, 1.54) is 16.4 Å². The number of aliphatic hydroxyl groups is 1. The van der Waals surface area contributed by atoms with Gasteiger partial charge in [-0.2, -0.15) is 4.31 Å². The highest BCUT2D eigenvalue weighted by atomic mass is 32.2. The number of carbonyl (C=O) groups is 1. The summed E-state index contributed by atoms with van der Waals surface area (Å²) in [5.74, 6) is -0.225. The minimum atomic E-state index is -3.52. The van der Waals surface area contributed by atoms with E-state index in [1.54, 1.807) is 12.1 Å². The highest BCUT2D eigenvalue weighted by molar-refractivity contribution is 7.89. The van der Waals surface area contributed by atoms with Gasteiger partial charge in [0.2, 0.25) is 15.9 Å². The molecule has 0 atom stereocenters. The maximum atomic E-state index is 12.5. The molecule has 24 heavy (non-hydrogen) atoms. The molecule has 1 heterocycles. The van der Waals surface area contributed by atoms with Crippen molar-refractivity contribution in [3.63, 3.8) is 0 Å². The minimum Gasteiger partial charge on any atom is -0.396 e. The molecule has 0 spiro atoms. The van der Waals surface area contributed by atoms with Gasteiger partial charge in [0, 0.05) is 25.4 Å². The first-order valence-corrected chi connectivity index (χ1v) is 9.27. The Morgan fingerprint density at radius 2 is 1.88 bits per heavy atom. The van der Waals surface area contributed by atoms with Crippen LogP contribution < -0.4 is 10.6 Å². The maximum absolute atomic E-state index is 12.5. The van der Waals surface area contributed by atoms with Crippen molar-refractivity contribution < 1.29 is 23.1 Å². The van der Waals surface area contributed by atoms with Crippen molar-refractivity contribution in [2.24, 2.45) is 0 Å². The largest absolute Gasteiger partial charge is 0.396 e. The number of benzene rings is 1. The fourth-order valence-corrected chi connectivity index (χ4v) is 3.67. The van der Waals surface area contributed by atoms with E-state index in [0.29, 0.717) is 45.0 Å². The highest BCUT2D eigenvalue weighted by Crippen LogP contribution is 2.19. The summed E-state index contributed by atoms with van der Waals surface area (Å²) in [6.07, 6.45) is 0.585. The first-order chi connectivity index (χ1) is 11.5. The number of hydrogen-bond acceptors (Lipinski definition) is 6. The van der Waals surface area contributed by atoms with Crippen molar-refractivity contribution in [1.29, 1.82) is 0 Å². The van der Waals surface area contributed by atoms with E-state index in [2.05, 4.69) is 10.6 Å². The molecule has 0 bridgehead atoms. The molecule has 9 heteroatoms. The first kappa shape index (κ1) is 18.8. The third-order valence-corrected chi connectivity index (χ3v) is 5.46. The standard InChI is InChI=1S/C15H23N3O5S/c19-9-1-6-16-12-15(20)17-13-2-4-14(5-3-13)24(21,22)18-7-10-23-11-8-18/h2-5,16,19H,1,6-12H2,(H,17,20).